The molecule has 2 aromatic rings. The highest BCUT2D eigenvalue weighted by molar-refractivity contribution is 9.10. The maximum atomic E-state index is 11.9. The zero-order valence-corrected chi connectivity index (χ0v) is 12.8. The van der Waals surface area contributed by atoms with Crippen molar-refractivity contribution in [1.82, 2.24) is 9.78 Å². The van der Waals surface area contributed by atoms with E-state index in [0.717, 1.165) is 0 Å². The molecule has 0 saturated heterocycles. The quantitative estimate of drug-likeness (QED) is 0.871. The molecule has 7 heteroatoms. The molecule has 0 aliphatic heterocycles. The number of anilines is 1. The van der Waals surface area contributed by atoms with Crippen molar-refractivity contribution in [2.75, 3.05) is 11.9 Å². The number of thiophene rings is 1. The Bertz CT molecular complexity index is 624. The van der Waals surface area contributed by atoms with Gasteiger partial charge in [-0.25, -0.2) is 4.68 Å². The Morgan fingerprint density at radius 2 is 2.37 bits per heavy atom. The molecule has 2 aromatic heterocycles. The summed E-state index contributed by atoms with van der Waals surface area (Å²) in [6.45, 7) is 2.80. The van der Waals surface area contributed by atoms with Gasteiger partial charge in [-0.05, 0) is 39.9 Å². The molecule has 0 spiro atoms. The second kappa shape index (κ2) is 6.31. The van der Waals surface area contributed by atoms with E-state index in [4.69, 9.17) is 5.11 Å². The largest absolute Gasteiger partial charge is 0.394 e. The molecule has 5 nitrogen and oxygen atoms in total. The van der Waals surface area contributed by atoms with E-state index in [2.05, 4.69) is 39.3 Å². The van der Waals surface area contributed by atoms with Gasteiger partial charge in [-0.1, -0.05) is 0 Å². The zero-order valence-electron chi connectivity index (χ0n) is 10.4. The van der Waals surface area contributed by atoms with E-state index >= 15 is 0 Å². The third-order valence-corrected chi connectivity index (χ3v) is 4.49. The zero-order chi connectivity index (χ0) is 13.8. The lowest BCUT2D eigenvalue weighted by molar-refractivity contribution is 0.266. The molecule has 2 N–H and O–H groups in total. The number of hydrogen-bond acceptors (Lipinski definition) is 5. The number of halogens is 1. The van der Waals surface area contributed by atoms with Crippen molar-refractivity contribution in [2.45, 2.75) is 20.0 Å². The van der Waals surface area contributed by atoms with Gasteiger partial charge in [-0.2, -0.15) is 5.10 Å². The molecule has 0 aliphatic rings. The fourth-order valence-corrected chi connectivity index (χ4v) is 2.90. The van der Waals surface area contributed by atoms with Gasteiger partial charge in [0.05, 0.1) is 25.0 Å². The van der Waals surface area contributed by atoms with Crippen LogP contribution in [-0.4, -0.2) is 21.5 Å². The molecule has 0 atom stereocenters. The summed E-state index contributed by atoms with van der Waals surface area (Å²) in [5.74, 6) is 0. The van der Waals surface area contributed by atoms with Crippen molar-refractivity contribution in [3.63, 3.8) is 0 Å². The molecule has 0 radical (unpaired) electrons. The van der Waals surface area contributed by atoms with Crippen molar-refractivity contribution in [3.8, 4) is 0 Å². The van der Waals surface area contributed by atoms with Crippen LogP contribution >= 0.6 is 27.3 Å². The number of rotatable bonds is 5. The summed E-state index contributed by atoms with van der Waals surface area (Å²) >= 11 is 4.95. The van der Waals surface area contributed by atoms with E-state index in [1.54, 1.807) is 17.5 Å². The highest BCUT2D eigenvalue weighted by Crippen LogP contribution is 2.20. The first kappa shape index (κ1) is 14.2. The summed E-state index contributed by atoms with van der Waals surface area (Å²) < 4.78 is 1.66. The van der Waals surface area contributed by atoms with E-state index in [1.807, 2.05) is 5.38 Å². The summed E-state index contributed by atoms with van der Waals surface area (Å²) in [6.07, 6.45) is 1.59. The van der Waals surface area contributed by atoms with Crippen LogP contribution in [0.5, 0.6) is 0 Å². The average molecular weight is 344 g/mol. The summed E-state index contributed by atoms with van der Waals surface area (Å²) in [5, 5.41) is 18.1. The number of hydrogen-bond donors (Lipinski definition) is 2. The van der Waals surface area contributed by atoms with Gasteiger partial charge in [0, 0.05) is 11.4 Å². The Kier molecular flexibility index (Phi) is 4.73. The third kappa shape index (κ3) is 3.23. The van der Waals surface area contributed by atoms with Crippen LogP contribution in [0.2, 0.25) is 0 Å². The third-order valence-electron chi connectivity index (χ3n) is 2.70. The SMILES string of the molecule is Cc1ccsc1CNc1cnn(CCO)c(=O)c1Br. The van der Waals surface area contributed by atoms with Crippen LogP contribution in [0, 0.1) is 6.92 Å². The van der Waals surface area contributed by atoms with Gasteiger partial charge in [0.15, 0.2) is 0 Å². The van der Waals surface area contributed by atoms with Crippen LogP contribution in [0.25, 0.3) is 0 Å². The number of nitrogens with zero attached hydrogens (tertiary/aromatic N) is 2. The normalized spacial score (nSPS) is 10.7. The Morgan fingerprint density at radius 3 is 3.00 bits per heavy atom. The Hall–Kier alpha value is -1.18. The minimum atomic E-state index is -0.248. The molecule has 0 bridgehead atoms. The minimum absolute atomic E-state index is 0.111. The molecule has 0 fully saturated rings. The van der Waals surface area contributed by atoms with Crippen LogP contribution in [0.1, 0.15) is 10.4 Å². The lowest BCUT2D eigenvalue weighted by atomic mass is 10.3. The standard InChI is InChI=1S/C12H14BrN3O2S/c1-8-2-5-19-10(8)7-14-9-6-15-16(3-4-17)12(18)11(9)13/h2,5-6,14,17H,3-4,7H2,1H3. The summed E-state index contributed by atoms with van der Waals surface area (Å²) in [5.41, 5.74) is 1.64. The highest BCUT2D eigenvalue weighted by atomic mass is 79.9. The molecule has 0 aromatic carbocycles. The second-order valence-corrected chi connectivity index (χ2v) is 5.80. The summed E-state index contributed by atoms with van der Waals surface area (Å²) in [4.78, 5) is 13.1. The van der Waals surface area contributed by atoms with Crippen molar-refractivity contribution >= 4 is 33.0 Å². The maximum Gasteiger partial charge on any atom is 0.283 e. The molecule has 0 saturated carbocycles. The highest BCUT2D eigenvalue weighted by Gasteiger charge is 2.09. The fourth-order valence-electron chi connectivity index (χ4n) is 1.60. The van der Waals surface area contributed by atoms with E-state index < -0.39 is 0 Å². The molecule has 2 rings (SSSR count). The molecular formula is C12H14BrN3O2S. The van der Waals surface area contributed by atoms with Crippen LogP contribution in [0.4, 0.5) is 5.69 Å². The van der Waals surface area contributed by atoms with E-state index in [1.165, 1.54) is 15.1 Å². The second-order valence-electron chi connectivity index (χ2n) is 4.00. The Balaban J connectivity index is 2.16. The van der Waals surface area contributed by atoms with Gasteiger partial charge < -0.3 is 10.4 Å². The molecule has 19 heavy (non-hydrogen) atoms. The lowest BCUT2D eigenvalue weighted by Crippen LogP contribution is -2.25. The molecule has 0 unspecified atom stereocenters. The van der Waals surface area contributed by atoms with Crippen molar-refractivity contribution in [1.29, 1.82) is 0 Å². The number of aryl methyl sites for hydroxylation is 1. The van der Waals surface area contributed by atoms with Crippen molar-refractivity contribution in [3.05, 3.63) is 42.9 Å². The first-order valence-corrected chi connectivity index (χ1v) is 7.44. The van der Waals surface area contributed by atoms with Crippen LogP contribution in [0.3, 0.4) is 0 Å². The molecule has 0 aliphatic carbocycles. The lowest BCUT2D eigenvalue weighted by Gasteiger charge is -2.09. The van der Waals surface area contributed by atoms with E-state index in [-0.39, 0.29) is 18.7 Å². The topological polar surface area (TPSA) is 67.2 Å². The number of aliphatic hydroxyl groups excluding tert-OH is 1. The van der Waals surface area contributed by atoms with Gasteiger partial charge in [0.1, 0.15) is 4.47 Å². The van der Waals surface area contributed by atoms with E-state index in [9.17, 15) is 4.79 Å². The average Bonchev–Trinajstić information content (AvgIpc) is 2.80. The van der Waals surface area contributed by atoms with Gasteiger partial charge in [0.25, 0.3) is 5.56 Å². The molecular weight excluding hydrogens is 330 g/mol. The smallest absolute Gasteiger partial charge is 0.283 e. The predicted octanol–water partition coefficient (Wildman–Crippen LogP) is 1.98. The first-order chi connectivity index (χ1) is 9.13. The monoisotopic (exact) mass is 343 g/mol. The summed E-state index contributed by atoms with van der Waals surface area (Å²) in [7, 11) is 0. The predicted molar refractivity (Wildman–Crippen MR) is 79.7 cm³/mol. The van der Waals surface area contributed by atoms with E-state index in [0.29, 0.717) is 16.7 Å². The van der Waals surface area contributed by atoms with Gasteiger partial charge in [-0.15, -0.1) is 11.3 Å². The molecule has 2 heterocycles. The Labute approximate surface area is 123 Å². The van der Waals surface area contributed by atoms with Crippen molar-refractivity contribution < 1.29 is 5.11 Å². The minimum Gasteiger partial charge on any atom is -0.394 e. The van der Waals surface area contributed by atoms with Crippen LogP contribution in [0.15, 0.2) is 26.9 Å². The van der Waals surface area contributed by atoms with Crippen LogP contribution in [-0.2, 0) is 13.1 Å². The fraction of sp³-hybridized carbons (Fsp3) is 0.333. The first-order valence-electron chi connectivity index (χ1n) is 5.76. The number of aliphatic hydroxyl groups is 1. The number of nitrogens with one attached hydrogen (secondary N) is 1. The maximum absolute atomic E-state index is 11.9. The molecule has 102 valence electrons. The Morgan fingerprint density at radius 1 is 1.58 bits per heavy atom. The van der Waals surface area contributed by atoms with Crippen molar-refractivity contribution in [2.24, 2.45) is 0 Å². The van der Waals surface area contributed by atoms with Gasteiger partial charge in [-0.3, -0.25) is 4.79 Å². The number of aromatic nitrogens is 2. The van der Waals surface area contributed by atoms with Gasteiger partial charge in [0.2, 0.25) is 0 Å². The summed E-state index contributed by atoms with van der Waals surface area (Å²) in [6, 6.07) is 2.06. The van der Waals surface area contributed by atoms with Crippen LogP contribution < -0.4 is 10.9 Å². The molecule has 0 amide bonds. The van der Waals surface area contributed by atoms with Gasteiger partial charge >= 0.3 is 0 Å².